The molecule has 0 aliphatic rings. The molecular formula is C15H20ClNO4. The van der Waals surface area contributed by atoms with Crippen LogP contribution in [-0.4, -0.2) is 31.1 Å². The van der Waals surface area contributed by atoms with Crippen LogP contribution in [0.4, 0.5) is 0 Å². The first-order valence-electron chi connectivity index (χ1n) is 6.74. The van der Waals surface area contributed by atoms with Crippen LogP contribution in [0, 0.1) is 5.92 Å². The highest BCUT2D eigenvalue weighted by Crippen LogP contribution is 2.17. The third kappa shape index (κ3) is 6.99. The molecular weight excluding hydrogens is 294 g/mol. The summed E-state index contributed by atoms with van der Waals surface area (Å²) in [6.07, 6.45) is -0.802. The molecule has 0 radical (unpaired) electrons. The average molecular weight is 314 g/mol. The van der Waals surface area contributed by atoms with Crippen LogP contribution in [0.25, 0.3) is 0 Å². The van der Waals surface area contributed by atoms with Crippen LogP contribution in [0.2, 0.25) is 5.02 Å². The molecule has 1 aromatic carbocycles. The van der Waals surface area contributed by atoms with Gasteiger partial charge in [-0.2, -0.15) is 0 Å². The lowest BCUT2D eigenvalue weighted by molar-refractivity contribution is -0.154. The van der Waals surface area contributed by atoms with E-state index < -0.39 is 12.1 Å². The predicted octanol–water partition coefficient (Wildman–Crippen LogP) is 2.42. The Morgan fingerprint density at radius 3 is 2.38 bits per heavy atom. The van der Waals surface area contributed by atoms with Gasteiger partial charge in [0, 0.05) is 11.6 Å². The predicted molar refractivity (Wildman–Crippen MR) is 80.3 cm³/mol. The molecule has 1 rings (SSSR count). The van der Waals surface area contributed by atoms with E-state index >= 15 is 0 Å². The topological polar surface area (TPSA) is 64.6 Å². The maximum Gasteiger partial charge on any atom is 0.347 e. The van der Waals surface area contributed by atoms with E-state index in [0.29, 0.717) is 23.2 Å². The molecule has 0 aliphatic carbocycles. The van der Waals surface area contributed by atoms with Crippen LogP contribution in [0.3, 0.4) is 0 Å². The number of hydrogen-bond acceptors (Lipinski definition) is 4. The largest absolute Gasteiger partial charge is 0.479 e. The van der Waals surface area contributed by atoms with E-state index in [4.69, 9.17) is 21.1 Å². The summed E-state index contributed by atoms with van der Waals surface area (Å²) in [5.41, 5.74) is 0. The van der Waals surface area contributed by atoms with Crippen molar-refractivity contribution in [3.63, 3.8) is 0 Å². The Hall–Kier alpha value is -1.75. The average Bonchev–Trinajstić information content (AvgIpc) is 2.44. The zero-order valence-electron chi connectivity index (χ0n) is 12.4. The van der Waals surface area contributed by atoms with E-state index in [9.17, 15) is 9.59 Å². The van der Waals surface area contributed by atoms with Gasteiger partial charge in [0.15, 0.2) is 12.7 Å². The van der Waals surface area contributed by atoms with E-state index in [2.05, 4.69) is 5.32 Å². The van der Waals surface area contributed by atoms with Crippen molar-refractivity contribution < 1.29 is 19.1 Å². The van der Waals surface area contributed by atoms with Crippen molar-refractivity contribution >= 4 is 23.5 Å². The molecule has 0 aliphatic heterocycles. The SMILES string of the molecule is CC(C)CNC(=O)COC(=O)[C@H](C)Oc1ccc(Cl)cc1. The van der Waals surface area contributed by atoms with Crippen molar-refractivity contribution in [2.45, 2.75) is 26.9 Å². The lowest BCUT2D eigenvalue weighted by atomic mass is 10.2. The maximum atomic E-state index is 11.7. The summed E-state index contributed by atoms with van der Waals surface area (Å²) < 4.78 is 10.3. The number of hydrogen-bond donors (Lipinski definition) is 1. The number of esters is 1. The minimum Gasteiger partial charge on any atom is -0.479 e. The first kappa shape index (κ1) is 17.3. The summed E-state index contributed by atoms with van der Waals surface area (Å²) in [6.45, 7) is 5.76. The molecule has 0 unspecified atom stereocenters. The van der Waals surface area contributed by atoms with Gasteiger partial charge in [-0.15, -0.1) is 0 Å². The molecule has 21 heavy (non-hydrogen) atoms. The quantitative estimate of drug-likeness (QED) is 0.785. The molecule has 1 atom stereocenters. The van der Waals surface area contributed by atoms with Gasteiger partial charge in [0.2, 0.25) is 0 Å². The molecule has 1 aromatic rings. The highest BCUT2D eigenvalue weighted by molar-refractivity contribution is 6.30. The van der Waals surface area contributed by atoms with Crippen molar-refractivity contribution in [3.8, 4) is 5.75 Å². The molecule has 0 spiro atoms. The van der Waals surface area contributed by atoms with Gasteiger partial charge in [-0.05, 0) is 37.1 Å². The molecule has 0 saturated carbocycles. The van der Waals surface area contributed by atoms with Gasteiger partial charge in [-0.25, -0.2) is 4.79 Å². The van der Waals surface area contributed by atoms with Gasteiger partial charge in [-0.1, -0.05) is 25.4 Å². The Labute approximate surface area is 129 Å². The highest BCUT2D eigenvalue weighted by atomic mass is 35.5. The first-order chi connectivity index (χ1) is 9.88. The fourth-order valence-corrected chi connectivity index (χ4v) is 1.51. The Balaban J connectivity index is 2.34. The first-order valence-corrected chi connectivity index (χ1v) is 7.12. The number of amides is 1. The second-order valence-corrected chi connectivity index (χ2v) is 5.46. The minimum absolute atomic E-state index is 0.306. The van der Waals surface area contributed by atoms with E-state index in [0.717, 1.165) is 0 Å². The molecule has 116 valence electrons. The third-order valence-corrected chi connectivity index (χ3v) is 2.76. The van der Waals surface area contributed by atoms with E-state index in [1.807, 2.05) is 13.8 Å². The third-order valence-electron chi connectivity index (χ3n) is 2.51. The molecule has 5 nitrogen and oxygen atoms in total. The van der Waals surface area contributed by atoms with Gasteiger partial charge in [0.1, 0.15) is 5.75 Å². The van der Waals surface area contributed by atoms with Crippen LogP contribution in [-0.2, 0) is 14.3 Å². The highest BCUT2D eigenvalue weighted by Gasteiger charge is 2.17. The number of benzene rings is 1. The fraction of sp³-hybridized carbons (Fsp3) is 0.467. The van der Waals surface area contributed by atoms with E-state index in [1.165, 1.54) is 0 Å². The van der Waals surface area contributed by atoms with Crippen molar-refractivity contribution in [2.75, 3.05) is 13.2 Å². The molecule has 6 heteroatoms. The maximum absolute atomic E-state index is 11.7. The van der Waals surface area contributed by atoms with Gasteiger partial charge >= 0.3 is 5.97 Å². The minimum atomic E-state index is -0.802. The number of nitrogens with one attached hydrogen (secondary N) is 1. The van der Waals surface area contributed by atoms with Crippen molar-refractivity contribution in [3.05, 3.63) is 29.3 Å². The number of carbonyl (C=O) groups excluding carboxylic acids is 2. The van der Waals surface area contributed by atoms with Crippen molar-refractivity contribution in [2.24, 2.45) is 5.92 Å². The Morgan fingerprint density at radius 2 is 1.81 bits per heavy atom. The second kappa shape index (κ2) is 8.52. The summed E-state index contributed by atoms with van der Waals surface area (Å²) in [7, 11) is 0. The van der Waals surface area contributed by atoms with Crippen LogP contribution < -0.4 is 10.1 Å². The molecule has 1 N–H and O–H groups in total. The summed E-state index contributed by atoms with van der Waals surface area (Å²) in [4.78, 5) is 23.1. The monoisotopic (exact) mass is 313 g/mol. The summed E-state index contributed by atoms with van der Waals surface area (Å²) in [5.74, 6) is -0.0645. The molecule has 0 aromatic heterocycles. The van der Waals surface area contributed by atoms with Crippen molar-refractivity contribution in [1.29, 1.82) is 0 Å². The molecule has 0 heterocycles. The van der Waals surface area contributed by atoms with E-state index in [-0.39, 0.29) is 12.5 Å². The van der Waals surface area contributed by atoms with Crippen LogP contribution >= 0.6 is 11.6 Å². The second-order valence-electron chi connectivity index (χ2n) is 5.02. The molecule has 1 amide bonds. The molecule has 0 fully saturated rings. The zero-order chi connectivity index (χ0) is 15.8. The lowest BCUT2D eigenvalue weighted by Gasteiger charge is -2.14. The van der Waals surface area contributed by atoms with Crippen LogP contribution in [0.5, 0.6) is 5.75 Å². The smallest absolute Gasteiger partial charge is 0.347 e. The molecule has 0 bridgehead atoms. The van der Waals surface area contributed by atoms with Crippen molar-refractivity contribution in [1.82, 2.24) is 5.32 Å². The Bertz CT molecular complexity index is 473. The van der Waals surface area contributed by atoms with Gasteiger partial charge < -0.3 is 14.8 Å². The standard InChI is InChI=1S/C15H20ClNO4/c1-10(2)8-17-14(18)9-20-15(19)11(3)21-13-6-4-12(16)5-7-13/h4-7,10-11H,8-9H2,1-3H3,(H,17,18)/t11-/m0/s1. The van der Waals surface area contributed by atoms with Crippen LogP contribution in [0.1, 0.15) is 20.8 Å². The van der Waals surface area contributed by atoms with Gasteiger partial charge in [-0.3, -0.25) is 4.79 Å². The summed E-state index contributed by atoms with van der Waals surface area (Å²) in [5, 5.41) is 3.24. The Morgan fingerprint density at radius 1 is 1.19 bits per heavy atom. The number of ether oxygens (including phenoxy) is 2. The van der Waals surface area contributed by atoms with Crippen LogP contribution in [0.15, 0.2) is 24.3 Å². The summed E-state index contributed by atoms with van der Waals surface area (Å²) in [6, 6.07) is 6.63. The normalized spacial score (nSPS) is 11.9. The van der Waals surface area contributed by atoms with E-state index in [1.54, 1.807) is 31.2 Å². The fourth-order valence-electron chi connectivity index (χ4n) is 1.39. The summed E-state index contributed by atoms with van der Waals surface area (Å²) >= 11 is 5.76. The molecule has 0 saturated heterocycles. The lowest BCUT2D eigenvalue weighted by Crippen LogP contribution is -2.34. The number of rotatable bonds is 7. The van der Waals surface area contributed by atoms with Gasteiger partial charge in [0.25, 0.3) is 5.91 Å². The zero-order valence-corrected chi connectivity index (χ0v) is 13.1. The number of halogens is 1. The Kier molecular flexibility index (Phi) is 7.02. The number of carbonyl (C=O) groups is 2. The van der Waals surface area contributed by atoms with Gasteiger partial charge in [0.05, 0.1) is 0 Å².